The lowest BCUT2D eigenvalue weighted by Crippen LogP contribution is -2.38. The lowest BCUT2D eigenvalue weighted by Gasteiger charge is -2.23. The van der Waals surface area contributed by atoms with E-state index < -0.39 is 48.0 Å². The van der Waals surface area contributed by atoms with Gasteiger partial charge in [0, 0.05) is 17.8 Å². The van der Waals surface area contributed by atoms with E-state index in [0.717, 1.165) is 4.90 Å². The minimum absolute atomic E-state index is 0.0288. The molecule has 5 nitrogen and oxygen atoms in total. The smallest absolute Gasteiger partial charge is 0.398 e. The number of amides is 2. The fourth-order valence-corrected chi connectivity index (χ4v) is 2.33. The molecule has 0 unspecified atom stereocenters. The summed E-state index contributed by atoms with van der Waals surface area (Å²) in [6, 6.07) is 7.77. The molecule has 0 heterocycles. The third-order valence-corrected chi connectivity index (χ3v) is 3.56. The van der Waals surface area contributed by atoms with E-state index >= 15 is 0 Å². The van der Waals surface area contributed by atoms with Crippen molar-refractivity contribution in [3.8, 4) is 0 Å². The van der Waals surface area contributed by atoms with Gasteiger partial charge in [0.05, 0.1) is 17.7 Å². The van der Waals surface area contributed by atoms with Crippen molar-refractivity contribution >= 4 is 17.5 Å². The second-order valence-corrected chi connectivity index (χ2v) is 5.52. The van der Waals surface area contributed by atoms with Gasteiger partial charge in [0.25, 0.3) is 5.91 Å². The molecule has 0 spiro atoms. The van der Waals surface area contributed by atoms with Crippen molar-refractivity contribution in [3.63, 3.8) is 0 Å². The van der Waals surface area contributed by atoms with Crippen molar-refractivity contribution in [3.05, 3.63) is 65.0 Å². The summed E-state index contributed by atoms with van der Waals surface area (Å²) in [5.74, 6) is -2.60. The number of rotatable bonds is 5. The van der Waals surface area contributed by atoms with Gasteiger partial charge in [-0.15, -0.1) is 0 Å². The standard InChI is InChI=1S/C17H15F4N3O2/c18-13-6-5-11(17(19,20)21)7-10(13)8-24(9-15(23)25)16(26)12-3-1-2-4-14(12)22/h1-7H,8-9,22H2,(H2,23,25). The lowest BCUT2D eigenvalue weighted by molar-refractivity contribution is -0.137. The molecule has 0 radical (unpaired) electrons. The molecule has 0 bridgehead atoms. The van der Waals surface area contributed by atoms with E-state index in [-0.39, 0.29) is 11.3 Å². The second kappa shape index (κ2) is 7.42. The molecule has 9 heteroatoms. The number of carbonyl (C=O) groups excluding carboxylic acids is 2. The summed E-state index contributed by atoms with van der Waals surface area (Å²) in [6.07, 6.45) is -4.68. The SMILES string of the molecule is NC(=O)CN(Cc1cc(C(F)(F)F)ccc1F)C(=O)c1ccccc1N. The highest BCUT2D eigenvalue weighted by molar-refractivity contribution is 6.00. The molecular formula is C17H15F4N3O2. The number of hydrogen-bond donors (Lipinski definition) is 2. The first-order chi connectivity index (χ1) is 12.1. The molecule has 0 saturated carbocycles. The Morgan fingerprint density at radius 3 is 2.31 bits per heavy atom. The monoisotopic (exact) mass is 369 g/mol. The van der Waals surface area contributed by atoms with E-state index in [0.29, 0.717) is 18.2 Å². The number of nitrogen functional groups attached to an aromatic ring is 1. The minimum atomic E-state index is -4.68. The van der Waals surface area contributed by atoms with Crippen molar-refractivity contribution in [1.82, 2.24) is 4.90 Å². The minimum Gasteiger partial charge on any atom is -0.398 e. The Kier molecular flexibility index (Phi) is 5.49. The van der Waals surface area contributed by atoms with Crippen molar-refractivity contribution < 1.29 is 27.2 Å². The van der Waals surface area contributed by atoms with E-state index in [1.54, 1.807) is 6.07 Å². The van der Waals surface area contributed by atoms with Crippen LogP contribution in [-0.4, -0.2) is 23.3 Å². The number of nitrogens with zero attached hydrogens (tertiary/aromatic N) is 1. The Balaban J connectivity index is 2.39. The quantitative estimate of drug-likeness (QED) is 0.627. The van der Waals surface area contributed by atoms with Crippen LogP contribution in [0.15, 0.2) is 42.5 Å². The molecule has 0 aliphatic carbocycles. The van der Waals surface area contributed by atoms with Crippen LogP contribution >= 0.6 is 0 Å². The first-order valence-electron chi connectivity index (χ1n) is 7.37. The van der Waals surface area contributed by atoms with Crippen molar-refractivity contribution in [2.24, 2.45) is 5.73 Å². The Bertz CT molecular complexity index is 837. The van der Waals surface area contributed by atoms with E-state index in [1.807, 2.05) is 0 Å². The molecule has 4 N–H and O–H groups in total. The maximum absolute atomic E-state index is 14.0. The van der Waals surface area contributed by atoms with Gasteiger partial charge in [0.1, 0.15) is 5.82 Å². The highest BCUT2D eigenvalue weighted by Crippen LogP contribution is 2.30. The van der Waals surface area contributed by atoms with Gasteiger partial charge in [-0.25, -0.2) is 4.39 Å². The molecule has 2 amide bonds. The summed E-state index contributed by atoms with van der Waals surface area (Å²) in [6.45, 7) is -1.19. The summed E-state index contributed by atoms with van der Waals surface area (Å²) in [5.41, 5.74) is 9.48. The molecule has 0 aliphatic rings. The van der Waals surface area contributed by atoms with Gasteiger partial charge in [-0.1, -0.05) is 12.1 Å². The zero-order valence-electron chi connectivity index (χ0n) is 13.4. The predicted octanol–water partition coefficient (Wildman–Crippen LogP) is 2.55. The van der Waals surface area contributed by atoms with Crippen LogP contribution in [0.2, 0.25) is 0 Å². The summed E-state index contributed by atoms with van der Waals surface area (Å²) in [4.78, 5) is 24.7. The van der Waals surface area contributed by atoms with Crippen LogP contribution in [-0.2, 0) is 17.5 Å². The number of benzene rings is 2. The van der Waals surface area contributed by atoms with Crippen LogP contribution in [0, 0.1) is 5.82 Å². The van der Waals surface area contributed by atoms with Crippen molar-refractivity contribution in [1.29, 1.82) is 0 Å². The number of halogens is 4. The van der Waals surface area contributed by atoms with Gasteiger partial charge in [-0.2, -0.15) is 13.2 Å². The number of carbonyl (C=O) groups is 2. The van der Waals surface area contributed by atoms with Crippen LogP contribution in [0.25, 0.3) is 0 Å². The number of primary amides is 1. The zero-order valence-corrected chi connectivity index (χ0v) is 13.4. The van der Waals surface area contributed by atoms with Gasteiger partial charge in [0.2, 0.25) is 5.91 Å². The van der Waals surface area contributed by atoms with Crippen LogP contribution in [0.4, 0.5) is 23.2 Å². The van der Waals surface area contributed by atoms with Crippen LogP contribution in [0.1, 0.15) is 21.5 Å². The molecule has 2 aromatic rings. The zero-order chi connectivity index (χ0) is 19.5. The maximum atomic E-state index is 14.0. The van der Waals surface area contributed by atoms with Crippen molar-refractivity contribution in [2.45, 2.75) is 12.7 Å². The topological polar surface area (TPSA) is 89.4 Å². The fraction of sp³-hybridized carbons (Fsp3) is 0.176. The summed E-state index contributed by atoms with van der Waals surface area (Å²) < 4.78 is 52.4. The fourth-order valence-electron chi connectivity index (χ4n) is 2.33. The van der Waals surface area contributed by atoms with Gasteiger partial charge in [0.15, 0.2) is 0 Å². The predicted molar refractivity (Wildman–Crippen MR) is 86.2 cm³/mol. The number of para-hydroxylation sites is 1. The third-order valence-electron chi connectivity index (χ3n) is 3.56. The number of nitrogens with two attached hydrogens (primary N) is 2. The Morgan fingerprint density at radius 1 is 1.08 bits per heavy atom. The first-order valence-corrected chi connectivity index (χ1v) is 7.37. The molecular weight excluding hydrogens is 354 g/mol. The van der Waals surface area contributed by atoms with E-state index in [4.69, 9.17) is 11.5 Å². The van der Waals surface area contributed by atoms with Gasteiger partial charge < -0.3 is 16.4 Å². The van der Waals surface area contributed by atoms with Crippen LogP contribution < -0.4 is 11.5 Å². The number of alkyl halides is 3. The van der Waals surface area contributed by atoms with Crippen LogP contribution in [0.5, 0.6) is 0 Å². The summed E-state index contributed by atoms with van der Waals surface area (Å²) in [5, 5.41) is 0. The Morgan fingerprint density at radius 2 is 1.73 bits per heavy atom. The molecule has 0 atom stereocenters. The maximum Gasteiger partial charge on any atom is 0.416 e. The van der Waals surface area contributed by atoms with Gasteiger partial charge in [-0.05, 0) is 30.3 Å². The second-order valence-electron chi connectivity index (χ2n) is 5.52. The number of anilines is 1. The molecule has 0 fully saturated rings. The third kappa shape index (κ3) is 4.50. The summed E-state index contributed by atoms with van der Waals surface area (Å²) in [7, 11) is 0. The molecule has 2 aromatic carbocycles. The van der Waals surface area contributed by atoms with Crippen molar-refractivity contribution in [2.75, 3.05) is 12.3 Å². The van der Waals surface area contributed by atoms with Gasteiger partial charge >= 0.3 is 6.18 Å². The average molecular weight is 369 g/mol. The molecule has 2 rings (SSSR count). The largest absolute Gasteiger partial charge is 0.416 e. The van der Waals surface area contributed by atoms with Gasteiger partial charge in [-0.3, -0.25) is 9.59 Å². The molecule has 0 aliphatic heterocycles. The average Bonchev–Trinajstić information content (AvgIpc) is 2.54. The molecule has 0 saturated heterocycles. The molecule has 138 valence electrons. The lowest BCUT2D eigenvalue weighted by atomic mass is 10.1. The summed E-state index contributed by atoms with van der Waals surface area (Å²) >= 11 is 0. The van der Waals surface area contributed by atoms with E-state index in [1.165, 1.54) is 18.2 Å². The molecule has 26 heavy (non-hydrogen) atoms. The highest BCUT2D eigenvalue weighted by Gasteiger charge is 2.31. The van der Waals surface area contributed by atoms with E-state index in [2.05, 4.69) is 0 Å². The number of hydrogen-bond acceptors (Lipinski definition) is 3. The van der Waals surface area contributed by atoms with Crippen LogP contribution in [0.3, 0.4) is 0 Å². The Hall–Kier alpha value is -3.10. The Labute approximate surface area is 146 Å². The molecule has 0 aromatic heterocycles. The normalized spacial score (nSPS) is 11.2. The first kappa shape index (κ1) is 19.2. The highest BCUT2D eigenvalue weighted by atomic mass is 19.4. The van der Waals surface area contributed by atoms with E-state index in [9.17, 15) is 27.2 Å².